The molecule has 4 rings (SSSR count). The molecule has 0 aliphatic carbocycles. The summed E-state index contributed by atoms with van der Waals surface area (Å²) < 4.78 is 33.8. The van der Waals surface area contributed by atoms with Gasteiger partial charge in [0.2, 0.25) is 0 Å². The van der Waals surface area contributed by atoms with Gasteiger partial charge in [0.1, 0.15) is 11.6 Å². The van der Waals surface area contributed by atoms with Crippen molar-refractivity contribution in [2.24, 2.45) is 0 Å². The van der Waals surface area contributed by atoms with E-state index in [1.807, 2.05) is 24.0 Å². The van der Waals surface area contributed by atoms with Gasteiger partial charge in [-0.15, -0.1) is 12.4 Å². The van der Waals surface area contributed by atoms with E-state index in [-0.39, 0.29) is 37.3 Å². The maximum Gasteiger partial charge on any atom is 0.254 e. The predicted molar refractivity (Wildman–Crippen MR) is 178 cm³/mol. The van der Waals surface area contributed by atoms with Gasteiger partial charge in [0, 0.05) is 43.4 Å². The summed E-state index contributed by atoms with van der Waals surface area (Å²) in [5.41, 5.74) is 3.92. The van der Waals surface area contributed by atoms with Gasteiger partial charge in [0.25, 0.3) is 11.8 Å². The molecule has 1 aliphatic rings. The molecular formula is C36H46ClF2N3O4. The molecule has 3 aromatic carbocycles. The van der Waals surface area contributed by atoms with Crippen molar-refractivity contribution in [3.63, 3.8) is 0 Å². The molecule has 46 heavy (non-hydrogen) atoms. The molecule has 1 heterocycles. The lowest BCUT2D eigenvalue weighted by Gasteiger charge is -2.26. The Bertz CT molecular complexity index is 1440. The molecular weight excluding hydrogens is 612 g/mol. The van der Waals surface area contributed by atoms with Crippen molar-refractivity contribution in [3.05, 3.63) is 106 Å². The molecule has 3 atom stereocenters. The topological polar surface area (TPSA) is 90.9 Å². The van der Waals surface area contributed by atoms with Crippen molar-refractivity contribution in [2.45, 2.75) is 77.6 Å². The van der Waals surface area contributed by atoms with Crippen LogP contribution in [0.5, 0.6) is 0 Å². The summed E-state index contributed by atoms with van der Waals surface area (Å²) in [5, 5.41) is 17.3. The number of nitrogens with zero attached hydrogens (tertiary/aromatic N) is 1. The van der Waals surface area contributed by atoms with E-state index >= 15 is 0 Å². The van der Waals surface area contributed by atoms with E-state index in [1.54, 1.807) is 25.1 Å². The van der Waals surface area contributed by atoms with Crippen LogP contribution in [-0.4, -0.2) is 66.3 Å². The highest BCUT2D eigenvalue weighted by Gasteiger charge is 2.30. The number of carbonyl (C=O) groups is 2. The lowest BCUT2D eigenvalue weighted by molar-refractivity contribution is 0.0540. The van der Waals surface area contributed by atoms with Crippen molar-refractivity contribution >= 4 is 24.2 Å². The zero-order valence-corrected chi connectivity index (χ0v) is 27.7. The Kier molecular flexibility index (Phi) is 14.6. The van der Waals surface area contributed by atoms with Crippen LogP contribution >= 0.6 is 12.4 Å². The molecule has 250 valence electrons. The SMILES string of the molecule is CCCOC[C@H]1CCCN1C(=O)c1ccc(C)c(C(=O)N[C@@H](Cc2cc(F)cc(F)c2)[C@H](O)CNCc2cccc(CC)c2)c1.Cl. The van der Waals surface area contributed by atoms with Crippen LogP contribution in [0.2, 0.25) is 0 Å². The van der Waals surface area contributed by atoms with Crippen LogP contribution in [0.25, 0.3) is 0 Å². The smallest absolute Gasteiger partial charge is 0.254 e. The number of halogens is 3. The number of nitrogens with one attached hydrogen (secondary N) is 2. The van der Waals surface area contributed by atoms with Crippen molar-refractivity contribution in [2.75, 3.05) is 26.3 Å². The largest absolute Gasteiger partial charge is 0.390 e. The van der Waals surface area contributed by atoms with Gasteiger partial charge in [0.15, 0.2) is 0 Å². The molecule has 0 unspecified atom stereocenters. The quantitative estimate of drug-likeness (QED) is 0.180. The average molecular weight is 658 g/mol. The van der Waals surface area contributed by atoms with Gasteiger partial charge in [-0.25, -0.2) is 8.78 Å². The van der Waals surface area contributed by atoms with Crippen LogP contribution in [0, 0.1) is 18.6 Å². The van der Waals surface area contributed by atoms with E-state index in [9.17, 15) is 23.5 Å². The van der Waals surface area contributed by atoms with E-state index in [1.165, 1.54) is 17.7 Å². The molecule has 2 amide bonds. The Morgan fingerprint density at radius 1 is 1.02 bits per heavy atom. The molecule has 10 heteroatoms. The summed E-state index contributed by atoms with van der Waals surface area (Å²) in [5.74, 6) is -2.11. The van der Waals surface area contributed by atoms with Crippen LogP contribution in [0.3, 0.4) is 0 Å². The van der Waals surface area contributed by atoms with Gasteiger partial charge in [-0.3, -0.25) is 9.59 Å². The standard InChI is InChI=1S/C36H45F2N3O4.ClH/c1-4-14-45-23-31-10-7-13-41(31)36(44)28-12-11-24(3)32(19-28)35(43)40-33(18-27-16-29(37)20-30(38)17-27)34(42)22-39-21-26-9-6-8-25(5-2)15-26;/h6,8-9,11-12,15-17,19-20,31,33-34,39,42H,4-5,7,10,13-14,18,21-23H2,1-3H3,(H,40,43);1H/t31-,33+,34-;/m1./s1. The number of aliphatic hydroxyl groups is 1. The first-order valence-electron chi connectivity index (χ1n) is 15.9. The third-order valence-electron chi connectivity index (χ3n) is 8.27. The minimum atomic E-state index is -1.08. The number of ether oxygens (including phenoxy) is 1. The molecule has 1 fully saturated rings. The van der Waals surface area contributed by atoms with Crippen LogP contribution in [0.4, 0.5) is 8.78 Å². The molecule has 3 N–H and O–H groups in total. The molecule has 0 aromatic heterocycles. The minimum Gasteiger partial charge on any atom is -0.390 e. The van der Waals surface area contributed by atoms with Gasteiger partial charge in [-0.1, -0.05) is 44.2 Å². The Morgan fingerprint density at radius 3 is 2.48 bits per heavy atom. The highest BCUT2D eigenvalue weighted by atomic mass is 35.5. The van der Waals surface area contributed by atoms with Crippen LogP contribution < -0.4 is 10.6 Å². The fourth-order valence-electron chi connectivity index (χ4n) is 5.78. The zero-order valence-electron chi connectivity index (χ0n) is 26.9. The molecule has 0 bridgehead atoms. The van der Waals surface area contributed by atoms with Gasteiger partial charge in [-0.05, 0) is 85.5 Å². The van der Waals surface area contributed by atoms with Crippen LogP contribution in [0.15, 0.2) is 60.7 Å². The second-order valence-electron chi connectivity index (χ2n) is 11.8. The van der Waals surface area contributed by atoms with E-state index in [0.29, 0.717) is 48.6 Å². The Hall–Kier alpha value is -3.37. The number of amides is 2. The number of carbonyl (C=O) groups excluding carboxylic acids is 2. The maximum atomic E-state index is 14.0. The van der Waals surface area contributed by atoms with Gasteiger partial charge < -0.3 is 25.4 Å². The van der Waals surface area contributed by atoms with Crippen molar-refractivity contribution in [1.82, 2.24) is 15.5 Å². The Morgan fingerprint density at radius 2 is 1.76 bits per heavy atom. The normalized spacial score (nSPS) is 15.7. The van der Waals surface area contributed by atoms with Crippen molar-refractivity contribution < 1.29 is 28.2 Å². The lowest BCUT2D eigenvalue weighted by Crippen LogP contribution is -2.48. The molecule has 7 nitrogen and oxygen atoms in total. The number of aliphatic hydroxyl groups excluding tert-OH is 1. The maximum absolute atomic E-state index is 14.0. The summed E-state index contributed by atoms with van der Waals surface area (Å²) >= 11 is 0. The Balaban J connectivity index is 0.00000576. The minimum absolute atomic E-state index is 0. The fourth-order valence-corrected chi connectivity index (χ4v) is 5.78. The summed E-state index contributed by atoms with van der Waals surface area (Å²) in [6.07, 6.45) is 2.50. The molecule has 0 radical (unpaired) electrons. The number of likely N-dealkylation sites (tertiary alicyclic amines) is 1. The van der Waals surface area contributed by atoms with Crippen LogP contribution in [-0.2, 0) is 24.1 Å². The first-order chi connectivity index (χ1) is 21.7. The first kappa shape index (κ1) is 37.1. The second kappa shape index (κ2) is 18.1. The second-order valence-corrected chi connectivity index (χ2v) is 11.8. The zero-order chi connectivity index (χ0) is 32.3. The molecule has 0 saturated carbocycles. The Labute approximate surface area is 277 Å². The summed E-state index contributed by atoms with van der Waals surface area (Å²) in [7, 11) is 0. The highest BCUT2D eigenvalue weighted by molar-refractivity contribution is 6.01. The third-order valence-corrected chi connectivity index (χ3v) is 8.27. The van der Waals surface area contributed by atoms with E-state index < -0.39 is 29.7 Å². The number of hydrogen-bond acceptors (Lipinski definition) is 5. The molecule has 3 aromatic rings. The molecule has 1 aliphatic heterocycles. The number of aryl methyl sites for hydroxylation is 2. The predicted octanol–water partition coefficient (Wildman–Crippen LogP) is 5.78. The molecule has 0 spiro atoms. The van der Waals surface area contributed by atoms with Gasteiger partial charge in [-0.2, -0.15) is 0 Å². The number of rotatable bonds is 15. The average Bonchev–Trinajstić information content (AvgIpc) is 3.49. The summed E-state index contributed by atoms with van der Waals surface area (Å²) in [4.78, 5) is 29.0. The summed E-state index contributed by atoms with van der Waals surface area (Å²) in [6.45, 7) is 8.29. The van der Waals surface area contributed by atoms with Gasteiger partial charge in [0.05, 0.1) is 24.8 Å². The highest BCUT2D eigenvalue weighted by Crippen LogP contribution is 2.22. The van der Waals surface area contributed by atoms with Gasteiger partial charge >= 0.3 is 0 Å². The fraction of sp³-hybridized carbons (Fsp3) is 0.444. The molecule has 1 saturated heterocycles. The van der Waals surface area contributed by atoms with Crippen molar-refractivity contribution in [1.29, 1.82) is 0 Å². The number of hydrogen-bond donors (Lipinski definition) is 3. The summed E-state index contributed by atoms with van der Waals surface area (Å²) in [6, 6.07) is 15.5. The first-order valence-corrected chi connectivity index (χ1v) is 15.9. The van der Waals surface area contributed by atoms with Crippen LogP contribution in [0.1, 0.15) is 76.1 Å². The van der Waals surface area contributed by atoms with E-state index in [4.69, 9.17) is 4.74 Å². The lowest BCUT2D eigenvalue weighted by atomic mass is 9.98. The third kappa shape index (κ3) is 10.3. The van der Waals surface area contributed by atoms with Crippen molar-refractivity contribution in [3.8, 4) is 0 Å². The van der Waals surface area contributed by atoms with E-state index in [2.05, 4.69) is 29.7 Å². The number of benzene rings is 3. The monoisotopic (exact) mass is 657 g/mol. The van der Waals surface area contributed by atoms with E-state index in [0.717, 1.165) is 37.3 Å².